The summed E-state index contributed by atoms with van der Waals surface area (Å²) in [6, 6.07) is 13.1. The van der Waals surface area contributed by atoms with Crippen LogP contribution < -0.4 is 15.4 Å². The van der Waals surface area contributed by atoms with Crippen LogP contribution in [0.3, 0.4) is 0 Å². The van der Waals surface area contributed by atoms with Gasteiger partial charge >= 0.3 is 0 Å². The minimum absolute atomic E-state index is 0.105. The minimum atomic E-state index is -0.203. The third kappa shape index (κ3) is 6.28. The smallest absolute Gasteiger partial charge is 0.234 e. The molecular weight excluding hydrogens is 372 g/mol. The molecule has 2 aromatic rings. The van der Waals surface area contributed by atoms with Gasteiger partial charge in [0.1, 0.15) is 5.75 Å². The molecule has 0 radical (unpaired) electrons. The largest absolute Gasteiger partial charge is 0.495 e. The quantitative estimate of drug-likeness (QED) is 0.719. The molecule has 2 rings (SSSR count). The highest BCUT2D eigenvalue weighted by atomic mass is 35.5. The number of methoxy groups -OCH3 is 1. The van der Waals surface area contributed by atoms with Gasteiger partial charge in [0.15, 0.2) is 0 Å². The Hall–Kier alpha value is -2.18. The summed E-state index contributed by atoms with van der Waals surface area (Å²) in [5.74, 6) is 0.581. The maximum atomic E-state index is 12.1. The second kappa shape index (κ2) is 10.1. The van der Waals surface area contributed by atoms with Crippen molar-refractivity contribution in [3.8, 4) is 5.75 Å². The number of rotatable bonds is 8. The van der Waals surface area contributed by atoms with Crippen LogP contribution in [-0.2, 0) is 16.1 Å². The molecule has 0 aliphatic rings. The van der Waals surface area contributed by atoms with Crippen molar-refractivity contribution in [1.82, 2.24) is 5.32 Å². The van der Waals surface area contributed by atoms with Crippen molar-refractivity contribution in [1.29, 1.82) is 0 Å². The number of aryl methyl sites for hydroxylation is 1. The SMILES string of the molecule is COc1cc(Cl)c(C)cc1NC(=O)CSCC(=O)NCc1ccccc1. The zero-order valence-corrected chi connectivity index (χ0v) is 16.2. The molecule has 0 atom stereocenters. The van der Waals surface area contributed by atoms with E-state index in [1.807, 2.05) is 37.3 Å². The van der Waals surface area contributed by atoms with Gasteiger partial charge in [-0.25, -0.2) is 0 Å². The van der Waals surface area contributed by atoms with E-state index >= 15 is 0 Å². The third-order valence-electron chi connectivity index (χ3n) is 3.55. The number of carbonyl (C=O) groups excluding carboxylic acids is 2. The van der Waals surface area contributed by atoms with Gasteiger partial charge in [-0.15, -0.1) is 11.8 Å². The van der Waals surface area contributed by atoms with Crippen molar-refractivity contribution in [2.24, 2.45) is 0 Å². The highest BCUT2D eigenvalue weighted by molar-refractivity contribution is 8.00. The van der Waals surface area contributed by atoms with Crippen LogP contribution in [0.5, 0.6) is 5.75 Å². The van der Waals surface area contributed by atoms with E-state index in [0.717, 1.165) is 11.1 Å². The van der Waals surface area contributed by atoms with E-state index in [0.29, 0.717) is 23.0 Å². The normalized spacial score (nSPS) is 10.3. The molecule has 0 saturated heterocycles. The molecule has 0 heterocycles. The van der Waals surface area contributed by atoms with Gasteiger partial charge in [0.2, 0.25) is 11.8 Å². The first-order valence-electron chi connectivity index (χ1n) is 8.02. The molecule has 0 spiro atoms. The zero-order valence-electron chi connectivity index (χ0n) is 14.7. The summed E-state index contributed by atoms with van der Waals surface area (Å²) in [6.07, 6.45) is 0. The Bertz CT molecular complexity index is 769. The molecule has 2 N–H and O–H groups in total. The average Bonchev–Trinajstić information content (AvgIpc) is 2.63. The molecule has 0 unspecified atom stereocenters. The first-order valence-corrected chi connectivity index (χ1v) is 9.55. The molecule has 0 fully saturated rings. The fraction of sp³-hybridized carbons (Fsp3) is 0.263. The number of thioether (sulfide) groups is 1. The van der Waals surface area contributed by atoms with Crippen LogP contribution >= 0.6 is 23.4 Å². The molecule has 5 nitrogen and oxygen atoms in total. The molecular formula is C19H21ClN2O3S. The second-order valence-corrected chi connectivity index (χ2v) is 7.00. The van der Waals surface area contributed by atoms with Crippen molar-refractivity contribution in [3.05, 3.63) is 58.6 Å². The van der Waals surface area contributed by atoms with E-state index < -0.39 is 0 Å². The summed E-state index contributed by atoms with van der Waals surface area (Å²) in [4.78, 5) is 23.9. The van der Waals surface area contributed by atoms with Gasteiger partial charge in [-0.2, -0.15) is 0 Å². The van der Waals surface area contributed by atoms with Crippen molar-refractivity contribution >= 4 is 40.9 Å². The van der Waals surface area contributed by atoms with Crippen molar-refractivity contribution < 1.29 is 14.3 Å². The van der Waals surface area contributed by atoms with Crippen molar-refractivity contribution in [2.45, 2.75) is 13.5 Å². The van der Waals surface area contributed by atoms with E-state index in [2.05, 4.69) is 10.6 Å². The van der Waals surface area contributed by atoms with Crippen LogP contribution in [0.2, 0.25) is 5.02 Å². The predicted octanol–water partition coefficient (Wildman–Crippen LogP) is 3.65. The highest BCUT2D eigenvalue weighted by Crippen LogP contribution is 2.30. The molecule has 26 heavy (non-hydrogen) atoms. The summed E-state index contributed by atoms with van der Waals surface area (Å²) in [5, 5.41) is 6.19. The van der Waals surface area contributed by atoms with Crippen molar-refractivity contribution in [2.75, 3.05) is 23.9 Å². The predicted molar refractivity (Wildman–Crippen MR) is 107 cm³/mol. The molecule has 138 valence electrons. The molecule has 0 bridgehead atoms. The van der Waals surface area contributed by atoms with Crippen LogP contribution in [0, 0.1) is 6.92 Å². The van der Waals surface area contributed by atoms with Gasteiger partial charge in [-0.1, -0.05) is 41.9 Å². The number of nitrogens with one attached hydrogen (secondary N) is 2. The fourth-order valence-corrected chi connectivity index (χ4v) is 3.00. The Morgan fingerprint density at radius 3 is 2.50 bits per heavy atom. The van der Waals surface area contributed by atoms with Crippen LogP contribution in [0.25, 0.3) is 0 Å². The number of amides is 2. The van der Waals surface area contributed by atoms with Crippen LogP contribution in [0.15, 0.2) is 42.5 Å². The van der Waals surface area contributed by atoms with Crippen molar-refractivity contribution in [3.63, 3.8) is 0 Å². The molecule has 7 heteroatoms. The fourth-order valence-electron chi connectivity index (χ4n) is 2.20. The molecule has 0 aliphatic heterocycles. The van der Waals surface area contributed by atoms with Gasteiger partial charge in [-0.3, -0.25) is 9.59 Å². The Morgan fingerprint density at radius 1 is 1.12 bits per heavy atom. The summed E-state index contributed by atoms with van der Waals surface area (Å²) < 4.78 is 5.23. The van der Waals surface area contributed by atoms with Gasteiger partial charge in [-0.05, 0) is 24.1 Å². The molecule has 0 aromatic heterocycles. The molecule has 2 amide bonds. The maximum Gasteiger partial charge on any atom is 0.234 e. The van der Waals surface area contributed by atoms with E-state index in [1.165, 1.54) is 18.9 Å². The summed E-state index contributed by atoms with van der Waals surface area (Å²) >= 11 is 7.31. The Labute approximate surface area is 162 Å². The Kier molecular flexibility index (Phi) is 7.81. The van der Waals surface area contributed by atoms with Crippen LogP contribution in [0.4, 0.5) is 5.69 Å². The topological polar surface area (TPSA) is 67.4 Å². The summed E-state index contributed by atoms with van der Waals surface area (Å²) in [5.41, 5.74) is 2.44. The lowest BCUT2D eigenvalue weighted by molar-refractivity contribution is -0.118. The number of hydrogen-bond donors (Lipinski definition) is 2. The number of benzene rings is 2. The van der Waals surface area contributed by atoms with Gasteiger partial charge in [0.25, 0.3) is 0 Å². The van der Waals surface area contributed by atoms with Crippen LogP contribution in [-0.4, -0.2) is 30.4 Å². The lowest BCUT2D eigenvalue weighted by Gasteiger charge is -2.12. The van der Waals surface area contributed by atoms with E-state index in [-0.39, 0.29) is 23.3 Å². The first kappa shape index (κ1) is 20.1. The number of ether oxygens (including phenoxy) is 1. The minimum Gasteiger partial charge on any atom is -0.495 e. The Morgan fingerprint density at radius 2 is 1.81 bits per heavy atom. The number of carbonyl (C=O) groups is 2. The monoisotopic (exact) mass is 392 g/mol. The number of halogens is 1. The lowest BCUT2D eigenvalue weighted by Crippen LogP contribution is -2.25. The standard InChI is InChI=1S/C19H21ClN2O3S/c1-13-8-16(17(25-2)9-15(13)20)22-19(24)12-26-11-18(23)21-10-14-6-4-3-5-7-14/h3-9H,10-12H2,1-2H3,(H,21,23)(H,22,24). The lowest BCUT2D eigenvalue weighted by atomic mass is 10.2. The maximum absolute atomic E-state index is 12.1. The van der Waals surface area contributed by atoms with E-state index in [1.54, 1.807) is 12.1 Å². The van der Waals surface area contributed by atoms with E-state index in [4.69, 9.17) is 16.3 Å². The summed E-state index contributed by atoms with van der Waals surface area (Å²) in [7, 11) is 1.52. The molecule has 0 aliphatic carbocycles. The molecule has 2 aromatic carbocycles. The number of hydrogen-bond acceptors (Lipinski definition) is 4. The second-order valence-electron chi connectivity index (χ2n) is 5.60. The summed E-state index contributed by atoms with van der Waals surface area (Å²) in [6.45, 7) is 2.33. The number of anilines is 1. The zero-order chi connectivity index (χ0) is 18.9. The van der Waals surface area contributed by atoms with Crippen LogP contribution in [0.1, 0.15) is 11.1 Å². The third-order valence-corrected chi connectivity index (χ3v) is 4.89. The van der Waals surface area contributed by atoms with Gasteiger partial charge in [0.05, 0.1) is 24.3 Å². The Balaban J connectivity index is 1.75. The molecule has 0 saturated carbocycles. The van der Waals surface area contributed by atoms with Gasteiger partial charge in [0, 0.05) is 17.6 Å². The average molecular weight is 393 g/mol. The highest BCUT2D eigenvalue weighted by Gasteiger charge is 2.11. The van der Waals surface area contributed by atoms with E-state index in [9.17, 15) is 9.59 Å². The first-order chi connectivity index (χ1) is 12.5. The van der Waals surface area contributed by atoms with Gasteiger partial charge < -0.3 is 15.4 Å².